The van der Waals surface area contributed by atoms with Gasteiger partial charge in [-0.15, -0.1) is 0 Å². The molecule has 5 amide bonds. The van der Waals surface area contributed by atoms with Crippen LogP contribution in [0.2, 0.25) is 0 Å². The average Bonchev–Trinajstić information content (AvgIpc) is 3.18. The van der Waals surface area contributed by atoms with E-state index in [9.17, 15) is 37.1 Å². The molecule has 38 heavy (non-hydrogen) atoms. The number of halogens is 4. The number of hydrogen-bond acceptors (Lipinski definition) is 5. The van der Waals surface area contributed by atoms with Gasteiger partial charge in [0.15, 0.2) is 0 Å². The van der Waals surface area contributed by atoms with Gasteiger partial charge in [0, 0.05) is 13.1 Å². The highest BCUT2D eigenvalue weighted by atomic mass is 35.5. The first-order chi connectivity index (χ1) is 17.7. The summed E-state index contributed by atoms with van der Waals surface area (Å²) < 4.78 is 39.8. The van der Waals surface area contributed by atoms with Crippen LogP contribution in [0.5, 0.6) is 0 Å². The van der Waals surface area contributed by atoms with E-state index in [-0.39, 0.29) is 36.2 Å². The molecule has 7 atom stereocenters. The van der Waals surface area contributed by atoms with Gasteiger partial charge in [-0.1, -0.05) is 45.7 Å². The Morgan fingerprint density at radius 3 is 2.45 bits per heavy atom. The summed E-state index contributed by atoms with van der Waals surface area (Å²) in [4.78, 5) is 64.8. The van der Waals surface area contributed by atoms with E-state index in [1.807, 2.05) is 13.8 Å². The maximum atomic E-state index is 13.8. The number of fused-ring (bicyclic) bond motifs is 1. The van der Waals surface area contributed by atoms with Gasteiger partial charge in [-0.2, -0.15) is 8.78 Å². The topological polar surface area (TPSA) is 128 Å². The van der Waals surface area contributed by atoms with E-state index in [1.165, 1.54) is 4.90 Å². The van der Waals surface area contributed by atoms with Crippen LogP contribution < -0.4 is 16.1 Å². The van der Waals surface area contributed by atoms with Crippen molar-refractivity contribution in [1.29, 1.82) is 0 Å². The maximum absolute atomic E-state index is 13.8. The van der Waals surface area contributed by atoms with E-state index in [0.29, 0.717) is 30.8 Å². The third-order valence-electron chi connectivity index (χ3n) is 8.24. The number of nitrogens with one attached hydrogen (secondary N) is 3. The summed E-state index contributed by atoms with van der Waals surface area (Å²) in [5, 5.41) is 5.43. The van der Waals surface area contributed by atoms with Gasteiger partial charge < -0.3 is 15.5 Å². The van der Waals surface area contributed by atoms with E-state index < -0.39 is 59.6 Å². The molecule has 1 saturated carbocycles. The summed E-state index contributed by atoms with van der Waals surface area (Å²) in [6.07, 6.45) is -1.88. The summed E-state index contributed by atoms with van der Waals surface area (Å²) in [6.45, 7) is 7.49. The highest BCUT2D eigenvalue weighted by Crippen LogP contribution is 2.65. The third-order valence-corrected chi connectivity index (χ3v) is 8.42. The number of piperidine rings is 2. The van der Waals surface area contributed by atoms with Crippen LogP contribution in [-0.2, 0) is 24.0 Å². The standard InChI is InChI=1S/C24H35ClF3N5O5/c1-5-11(2)15(30-21(36)18(27)28)22(37)32-10-13-14(24(13,3)4)16(32)20(35)31-33(23(38)17(25)26)9-12-7-6-8-29-19(12)34/h11-18H,5-10H2,1-4H3,(H,29,34)(H,30,36)(H,31,35)/t11?,12-,13-,14-,15?,16-,17?/m0/s1. The van der Waals surface area contributed by atoms with Crippen LogP contribution in [0.15, 0.2) is 0 Å². The minimum absolute atomic E-state index is 0.0826. The second kappa shape index (κ2) is 11.7. The number of rotatable bonds is 9. The van der Waals surface area contributed by atoms with Crippen molar-refractivity contribution in [1.82, 2.24) is 26.0 Å². The second-order valence-electron chi connectivity index (χ2n) is 10.9. The fraction of sp³-hybridized carbons (Fsp3) is 0.792. The quantitative estimate of drug-likeness (QED) is 0.286. The van der Waals surface area contributed by atoms with Crippen molar-refractivity contribution < 1.29 is 37.1 Å². The molecule has 2 aliphatic heterocycles. The number of amides is 5. The summed E-state index contributed by atoms with van der Waals surface area (Å²) in [7, 11) is 0. The van der Waals surface area contributed by atoms with Crippen LogP contribution in [0.1, 0.15) is 47.0 Å². The van der Waals surface area contributed by atoms with Gasteiger partial charge in [0.2, 0.25) is 11.8 Å². The zero-order valence-corrected chi connectivity index (χ0v) is 22.6. The zero-order valence-electron chi connectivity index (χ0n) is 21.8. The van der Waals surface area contributed by atoms with Crippen molar-refractivity contribution in [3.63, 3.8) is 0 Å². The molecule has 214 valence electrons. The Morgan fingerprint density at radius 1 is 1.24 bits per heavy atom. The lowest BCUT2D eigenvalue weighted by Gasteiger charge is -2.36. The van der Waals surface area contributed by atoms with Gasteiger partial charge in [0.25, 0.3) is 23.4 Å². The van der Waals surface area contributed by atoms with Crippen LogP contribution in [0.3, 0.4) is 0 Å². The summed E-state index contributed by atoms with van der Waals surface area (Å²) in [5.41, 5.74) is -0.440. The SMILES string of the molecule is CCC(C)C(NC(=O)C(F)F)C(=O)N1C[C@H]2[C@@H]([C@H]1C(=O)NN(C[C@@H]1CCCNC1=O)C(=O)C(F)Cl)C2(C)C. The molecular weight excluding hydrogens is 531 g/mol. The van der Waals surface area contributed by atoms with Crippen molar-refractivity contribution in [2.75, 3.05) is 19.6 Å². The largest absolute Gasteiger partial charge is 0.356 e. The number of carbonyl (C=O) groups excluding carboxylic acids is 5. The van der Waals surface area contributed by atoms with E-state index in [1.54, 1.807) is 13.8 Å². The number of likely N-dealkylation sites (tertiary alicyclic amines) is 1. The van der Waals surface area contributed by atoms with E-state index >= 15 is 0 Å². The molecule has 0 aromatic heterocycles. The molecule has 0 aromatic carbocycles. The first-order valence-electron chi connectivity index (χ1n) is 12.8. The van der Waals surface area contributed by atoms with Gasteiger partial charge in [0.1, 0.15) is 12.1 Å². The van der Waals surface area contributed by atoms with Gasteiger partial charge in [-0.3, -0.25) is 29.4 Å². The Morgan fingerprint density at radius 2 is 1.89 bits per heavy atom. The van der Waals surface area contributed by atoms with Crippen LogP contribution >= 0.6 is 11.6 Å². The summed E-state index contributed by atoms with van der Waals surface area (Å²) in [6, 6.07) is -2.40. The molecule has 3 unspecified atom stereocenters. The highest BCUT2D eigenvalue weighted by molar-refractivity contribution is 6.29. The minimum Gasteiger partial charge on any atom is -0.356 e. The van der Waals surface area contributed by atoms with Gasteiger partial charge in [0.05, 0.1) is 12.5 Å². The Balaban J connectivity index is 1.85. The van der Waals surface area contributed by atoms with Gasteiger partial charge in [-0.05, 0) is 36.0 Å². The first-order valence-corrected chi connectivity index (χ1v) is 13.2. The molecule has 2 heterocycles. The molecule has 0 aromatic rings. The predicted molar refractivity (Wildman–Crippen MR) is 130 cm³/mol. The number of hydrogen-bond donors (Lipinski definition) is 3. The van der Waals surface area contributed by atoms with Crippen LogP contribution in [0, 0.1) is 29.1 Å². The first kappa shape index (κ1) is 30.0. The molecule has 3 rings (SSSR count). The predicted octanol–water partition coefficient (Wildman–Crippen LogP) is 1.19. The van der Waals surface area contributed by atoms with Gasteiger partial charge in [-0.25, -0.2) is 9.40 Å². The van der Waals surface area contributed by atoms with Gasteiger partial charge >= 0.3 is 6.43 Å². The van der Waals surface area contributed by atoms with Crippen molar-refractivity contribution in [3.05, 3.63) is 0 Å². The van der Waals surface area contributed by atoms with Crippen molar-refractivity contribution in [2.24, 2.45) is 29.1 Å². The summed E-state index contributed by atoms with van der Waals surface area (Å²) >= 11 is 5.37. The molecule has 3 aliphatic rings. The molecule has 2 saturated heterocycles. The fourth-order valence-corrected chi connectivity index (χ4v) is 5.75. The van der Waals surface area contributed by atoms with Crippen LogP contribution in [0.4, 0.5) is 13.2 Å². The number of alkyl halides is 4. The van der Waals surface area contributed by atoms with E-state index in [0.717, 1.165) is 0 Å². The molecule has 0 radical (unpaired) electrons. The van der Waals surface area contributed by atoms with Crippen molar-refractivity contribution in [3.8, 4) is 0 Å². The molecule has 3 fully saturated rings. The average molecular weight is 566 g/mol. The third kappa shape index (κ3) is 6.02. The molecule has 3 N–H and O–H groups in total. The van der Waals surface area contributed by atoms with E-state index in [4.69, 9.17) is 11.6 Å². The lowest BCUT2D eigenvalue weighted by molar-refractivity contribution is -0.151. The molecule has 0 spiro atoms. The van der Waals surface area contributed by atoms with Crippen LogP contribution in [0.25, 0.3) is 0 Å². The molecular formula is C24H35ClF3N5O5. The Hall–Kier alpha value is -2.57. The number of hydrazine groups is 1. The molecule has 1 aliphatic carbocycles. The highest BCUT2D eigenvalue weighted by Gasteiger charge is 2.69. The zero-order chi connectivity index (χ0) is 28.5. The normalized spacial score (nSPS) is 28.0. The van der Waals surface area contributed by atoms with Crippen molar-refractivity contribution >= 4 is 41.1 Å². The molecule has 0 bridgehead atoms. The maximum Gasteiger partial charge on any atom is 0.315 e. The monoisotopic (exact) mass is 565 g/mol. The fourth-order valence-electron chi connectivity index (χ4n) is 5.63. The molecule has 14 heteroatoms. The minimum atomic E-state index is -3.32. The Bertz CT molecular complexity index is 968. The Kier molecular flexibility index (Phi) is 9.20. The van der Waals surface area contributed by atoms with E-state index in [2.05, 4.69) is 16.1 Å². The van der Waals surface area contributed by atoms with Crippen LogP contribution in [-0.4, -0.2) is 83.2 Å². The number of nitrogens with zero attached hydrogens (tertiary/aromatic N) is 2. The lowest BCUT2D eigenvalue weighted by atomic mass is 9.95. The van der Waals surface area contributed by atoms with Crippen molar-refractivity contribution in [2.45, 2.75) is 71.1 Å². The smallest absolute Gasteiger partial charge is 0.315 e. The Labute approximate surface area is 224 Å². The molecule has 10 nitrogen and oxygen atoms in total. The summed E-state index contributed by atoms with van der Waals surface area (Å²) in [5.74, 6) is -6.29. The number of carbonyl (C=O) groups is 5. The second-order valence-corrected chi connectivity index (χ2v) is 11.3. The lowest BCUT2D eigenvalue weighted by Crippen LogP contribution is -2.61.